The Morgan fingerprint density at radius 3 is 2.72 bits per heavy atom. The van der Waals surface area contributed by atoms with Gasteiger partial charge < -0.3 is 4.74 Å². The van der Waals surface area contributed by atoms with Gasteiger partial charge >= 0.3 is 6.09 Å². The minimum atomic E-state index is -0.570. The zero-order chi connectivity index (χ0) is 13.4. The molecular formula is C13H18BrNO3. The van der Waals surface area contributed by atoms with Crippen molar-refractivity contribution in [1.29, 1.82) is 0 Å². The van der Waals surface area contributed by atoms with E-state index in [2.05, 4.69) is 21.9 Å². The molecule has 0 aliphatic carbocycles. The maximum absolute atomic E-state index is 12.0. The van der Waals surface area contributed by atoms with Gasteiger partial charge in [0.05, 0.1) is 12.5 Å². The Morgan fingerprint density at radius 1 is 1.44 bits per heavy atom. The molecule has 0 bridgehead atoms. The van der Waals surface area contributed by atoms with Gasteiger partial charge in [-0.15, -0.1) is 6.42 Å². The molecule has 0 N–H and O–H groups in total. The molecule has 0 aromatic carbocycles. The lowest BCUT2D eigenvalue weighted by molar-refractivity contribution is -0.130. The van der Waals surface area contributed by atoms with Crippen molar-refractivity contribution in [2.45, 2.75) is 32.1 Å². The van der Waals surface area contributed by atoms with Crippen LogP contribution in [0.15, 0.2) is 0 Å². The van der Waals surface area contributed by atoms with Crippen LogP contribution < -0.4 is 0 Å². The zero-order valence-corrected chi connectivity index (χ0v) is 11.9. The van der Waals surface area contributed by atoms with Crippen molar-refractivity contribution in [3.63, 3.8) is 0 Å². The fourth-order valence-electron chi connectivity index (χ4n) is 1.86. The first-order valence-electron chi connectivity index (χ1n) is 6.21. The number of hydrogen-bond donors (Lipinski definition) is 0. The van der Waals surface area contributed by atoms with Gasteiger partial charge in [0.2, 0.25) is 5.91 Å². The number of unbranched alkanes of at least 4 members (excludes halogenated alkanes) is 3. The molecule has 0 unspecified atom stereocenters. The van der Waals surface area contributed by atoms with Crippen LogP contribution in [0.4, 0.5) is 4.79 Å². The van der Waals surface area contributed by atoms with Crippen LogP contribution in [0, 0.1) is 18.3 Å². The number of ether oxygens (including phenoxy) is 1. The summed E-state index contributed by atoms with van der Waals surface area (Å²) in [5.74, 6) is 1.69. The standard InChI is InChI=1S/C13H18BrNO3/c1-2-11(7-5-3-4-6-8-14)12(16)15-9-10-18-13(15)17/h1,11H,3-10H2/t11-/m0/s1. The summed E-state index contributed by atoms with van der Waals surface area (Å²) in [6, 6.07) is 0. The van der Waals surface area contributed by atoms with Crippen LogP contribution >= 0.6 is 15.9 Å². The number of nitrogens with zero attached hydrogens (tertiary/aromatic N) is 1. The number of terminal acetylenes is 1. The summed E-state index contributed by atoms with van der Waals surface area (Å²) in [6.45, 7) is 0.590. The molecule has 18 heavy (non-hydrogen) atoms. The summed E-state index contributed by atoms with van der Waals surface area (Å²) in [7, 11) is 0. The van der Waals surface area contributed by atoms with E-state index >= 15 is 0 Å². The van der Waals surface area contributed by atoms with Gasteiger partial charge in [0.1, 0.15) is 6.61 Å². The van der Waals surface area contributed by atoms with Crippen LogP contribution in [0.1, 0.15) is 32.1 Å². The molecule has 1 aliphatic heterocycles. The second kappa shape index (κ2) is 8.15. The molecule has 4 nitrogen and oxygen atoms in total. The largest absolute Gasteiger partial charge is 0.447 e. The molecule has 0 saturated carbocycles. The van der Waals surface area contributed by atoms with Gasteiger partial charge in [-0.05, 0) is 12.8 Å². The van der Waals surface area contributed by atoms with E-state index < -0.39 is 12.0 Å². The third kappa shape index (κ3) is 4.34. The fourth-order valence-corrected chi connectivity index (χ4v) is 2.25. The van der Waals surface area contributed by atoms with Crippen molar-refractivity contribution in [2.24, 2.45) is 5.92 Å². The van der Waals surface area contributed by atoms with Gasteiger partial charge in [0.15, 0.2) is 0 Å². The second-order valence-electron chi connectivity index (χ2n) is 4.22. The summed E-state index contributed by atoms with van der Waals surface area (Å²) < 4.78 is 4.73. The SMILES string of the molecule is C#C[C@@H](CCCCCCBr)C(=O)N1CCOC1=O. The first kappa shape index (κ1) is 15.0. The van der Waals surface area contributed by atoms with E-state index in [1.165, 1.54) is 0 Å². The Bertz CT molecular complexity index is 338. The lowest BCUT2D eigenvalue weighted by Crippen LogP contribution is -2.36. The van der Waals surface area contributed by atoms with Crippen LogP contribution in [0.5, 0.6) is 0 Å². The average molecular weight is 316 g/mol. The van der Waals surface area contributed by atoms with E-state index in [1.807, 2.05) is 0 Å². The highest BCUT2D eigenvalue weighted by atomic mass is 79.9. The maximum Gasteiger partial charge on any atom is 0.416 e. The van der Waals surface area contributed by atoms with Gasteiger partial charge in [-0.3, -0.25) is 4.79 Å². The molecule has 1 heterocycles. The van der Waals surface area contributed by atoms with E-state index in [9.17, 15) is 9.59 Å². The van der Waals surface area contributed by atoms with Crippen molar-refractivity contribution in [2.75, 3.05) is 18.5 Å². The summed E-state index contributed by atoms with van der Waals surface area (Å²) in [5.41, 5.74) is 0. The number of amides is 2. The number of imide groups is 1. The summed E-state index contributed by atoms with van der Waals surface area (Å²) in [5, 5.41) is 1.00. The van der Waals surface area contributed by atoms with Crippen molar-refractivity contribution in [3.8, 4) is 12.3 Å². The van der Waals surface area contributed by atoms with Crippen LogP contribution in [0.25, 0.3) is 0 Å². The Labute approximate surface area is 116 Å². The first-order valence-corrected chi connectivity index (χ1v) is 7.33. The molecule has 0 spiro atoms. The monoisotopic (exact) mass is 315 g/mol. The van der Waals surface area contributed by atoms with Crippen molar-refractivity contribution in [3.05, 3.63) is 0 Å². The molecule has 1 aliphatic rings. The molecule has 0 aromatic heterocycles. The quantitative estimate of drug-likeness (QED) is 0.412. The van der Waals surface area contributed by atoms with E-state index in [0.29, 0.717) is 13.0 Å². The Balaban J connectivity index is 2.34. The summed E-state index contributed by atoms with van der Waals surface area (Å²) in [6.07, 6.45) is 9.67. The van der Waals surface area contributed by atoms with E-state index in [0.717, 1.165) is 35.9 Å². The number of carbonyl (C=O) groups is 2. The third-order valence-electron chi connectivity index (χ3n) is 2.90. The maximum atomic E-state index is 12.0. The van der Waals surface area contributed by atoms with E-state index in [-0.39, 0.29) is 12.5 Å². The highest BCUT2D eigenvalue weighted by molar-refractivity contribution is 9.09. The van der Waals surface area contributed by atoms with Gasteiger partial charge in [0, 0.05) is 5.33 Å². The number of rotatable bonds is 7. The van der Waals surface area contributed by atoms with Crippen molar-refractivity contribution in [1.82, 2.24) is 4.90 Å². The van der Waals surface area contributed by atoms with Crippen LogP contribution in [-0.2, 0) is 9.53 Å². The summed E-state index contributed by atoms with van der Waals surface area (Å²) >= 11 is 3.37. The van der Waals surface area contributed by atoms with E-state index in [1.54, 1.807) is 0 Å². The highest BCUT2D eigenvalue weighted by Gasteiger charge is 2.32. The van der Waals surface area contributed by atoms with Crippen molar-refractivity contribution >= 4 is 27.9 Å². The highest BCUT2D eigenvalue weighted by Crippen LogP contribution is 2.16. The minimum absolute atomic E-state index is 0.271. The topological polar surface area (TPSA) is 46.6 Å². The number of halogens is 1. The predicted molar refractivity (Wildman–Crippen MR) is 72.3 cm³/mol. The molecule has 1 atom stereocenters. The summed E-state index contributed by atoms with van der Waals surface area (Å²) in [4.78, 5) is 24.4. The Hall–Kier alpha value is -1.02. The lowest BCUT2D eigenvalue weighted by atomic mass is 10.00. The molecule has 0 radical (unpaired) electrons. The first-order chi connectivity index (χ1) is 8.70. The zero-order valence-electron chi connectivity index (χ0n) is 10.4. The molecule has 5 heteroatoms. The minimum Gasteiger partial charge on any atom is -0.447 e. The van der Waals surface area contributed by atoms with Gasteiger partial charge in [-0.2, -0.15) is 0 Å². The third-order valence-corrected chi connectivity index (χ3v) is 3.46. The van der Waals surface area contributed by atoms with Gasteiger partial charge in [0.25, 0.3) is 0 Å². The smallest absolute Gasteiger partial charge is 0.416 e. The van der Waals surface area contributed by atoms with Crippen LogP contribution in [-0.4, -0.2) is 35.4 Å². The van der Waals surface area contributed by atoms with Gasteiger partial charge in [-0.1, -0.05) is 41.1 Å². The molecule has 1 fully saturated rings. The fraction of sp³-hybridized carbons (Fsp3) is 0.692. The number of alkyl halides is 1. The van der Waals surface area contributed by atoms with E-state index in [4.69, 9.17) is 11.2 Å². The Morgan fingerprint density at radius 2 is 2.17 bits per heavy atom. The molecule has 0 aromatic rings. The molecular weight excluding hydrogens is 298 g/mol. The van der Waals surface area contributed by atoms with Crippen LogP contribution in [0.2, 0.25) is 0 Å². The molecule has 1 saturated heterocycles. The number of hydrogen-bond acceptors (Lipinski definition) is 3. The lowest BCUT2D eigenvalue weighted by Gasteiger charge is -2.15. The molecule has 1 rings (SSSR count). The molecule has 100 valence electrons. The number of carbonyl (C=O) groups excluding carboxylic acids is 2. The molecule has 2 amide bonds. The second-order valence-corrected chi connectivity index (χ2v) is 5.01. The average Bonchev–Trinajstić information content (AvgIpc) is 2.79. The predicted octanol–water partition coefficient (Wildman–Crippen LogP) is 2.56. The normalized spacial score (nSPS) is 16.2. The number of cyclic esters (lactones) is 1. The Kier molecular flexibility index (Phi) is 6.81. The van der Waals surface area contributed by atoms with Crippen LogP contribution in [0.3, 0.4) is 0 Å². The van der Waals surface area contributed by atoms with Crippen molar-refractivity contribution < 1.29 is 14.3 Å². The van der Waals surface area contributed by atoms with Gasteiger partial charge in [-0.25, -0.2) is 9.69 Å².